The lowest BCUT2D eigenvalue weighted by molar-refractivity contribution is 0.0193. The smallest absolute Gasteiger partial charge is 0.410 e. The Labute approximate surface area is 184 Å². The van der Waals surface area contributed by atoms with Crippen molar-refractivity contribution in [3.05, 3.63) is 17.0 Å². The van der Waals surface area contributed by atoms with Gasteiger partial charge in [-0.3, -0.25) is 4.99 Å². The van der Waals surface area contributed by atoms with Crippen LogP contribution in [0.3, 0.4) is 0 Å². The molecular formula is C19H34IN5O3. The lowest BCUT2D eigenvalue weighted by Crippen LogP contribution is -2.53. The fourth-order valence-electron chi connectivity index (χ4n) is 3.14. The maximum absolute atomic E-state index is 12.3. The number of ether oxygens (including phenoxy) is 1. The molecule has 1 saturated heterocycles. The summed E-state index contributed by atoms with van der Waals surface area (Å²) in [6.45, 7) is 11.6. The summed E-state index contributed by atoms with van der Waals surface area (Å²) in [5, 5.41) is 10.7. The maximum atomic E-state index is 12.3. The zero-order valence-corrected chi connectivity index (χ0v) is 20.1. The van der Waals surface area contributed by atoms with Crippen LogP contribution in [0.1, 0.15) is 50.6 Å². The number of piperidine rings is 1. The van der Waals surface area contributed by atoms with E-state index in [4.69, 9.17) is 9.26 Å². The fourth-order valence-corrected chi connectivity index (χ4v) is 3.14. The van der Waals surface area contributed by atoms with E-state index in [-0.39, 0.29) is 36.1 Å². The Bertz CT molecular complexity index is 650. The monoisotopic (exact) mass is 507 g/mol. The van der Waals surface area contributed by atoms with Gasteiger partial charge in [0.15, 0.2) is 5.96 Å². The lowest BCUT2D eigenvalue weighted by atomic mass is 10.1. The van der Waals surface area contributed by atoms with Gasteiger partial charge in [-0.1, -0.05) is 5.16 Å². The van der Waals surface area contributed by atoms with E-state index >= 15 is 0 Å². The van der Waals surface area contributed by atoms with Crippen LogP contribution in [0.2, 0.25) is 0 Å². The molecule has 8 nitrogen and oxygen atoms in total. The molecule has 0 radical (unpaired) electrons. The summed E-state index contributed by atoms with van der Waals surface area (Å²) in [5.74, 6) is 1.59. The standard InChI is InChI=1S/C19H33N5O3.HI/c1-13-16(14(2)27-23-13)9-10-21-17(20-6)22-15-8-7-11-24(12-15)18(25)26-19(3,4)5;/h15H,7-12H2,1-6H3,(H2,20,21,22);1H. The van der Waals surface area contributed by atoms with E-state index in [1.54, 1.807) is 11.9 Å². The number of aliphatic imine (C=N–C) groups is 1. The van der Waals surface area contributed by atoms with Crippen LogP contribution in [-0.4, -0.2) is 60.4 Å². The predicted molar refractivity (Wildman–Crippen MR) is 120 cm³/mol. The van der Waals surface area contributed by atoms with Gasteiger partial charge in [0, 0.05) is 38.3 Å². The molecule has 1 fully saturated rings. The molecule has 0 bridgehead atoms. The van der Waals surface area contributed by atoms with Crippen molar-refractivity contribution in [1.29, 1.82) is 0 Å². The quantitative estimate of drug-likeness (QED) is 0.370. The van der Waals surface area contributed by atoms with Crippen LogP contribution in [-0.2, 0) is 11.2 Å². The third-order valence-electron chi connectivity index (χ3n) is 4.49. The van der Waals surface area contributed by atoms with E-state index in [0.717, 1.165) is 55.3 Å². The van der Waals surface area contributed by atoms with E-state index in [2.05, 4.69) is 20.8 Å². The first-order valence-electron chi connectivity index (χ1n) is 9.56. The average Bonchev–Trinajstić information content (AvgIpc) is 2.91. The van der Waals surface area contributed by atoms with Gasteiger partial charge in [0.05, 0.1) is 5.69 Å². The fraction of sp³-hybridized carbons (Fsp3) is 0.737. The van der Waals surface area contributed by atoms with E-state index < -0.39 is 5.60 Å². The van der Waals surface area contributed by atoms with Gasteiger partial charge in [0.2, 0.25) is 0 Å². The minimum atomic E-state index is -0.479. The molecule has 1 aliphatic heterocycles. The van der Waals surface area contributed by atoms with Crippen LogP contribution in [0.25, 0.3) is 0 Å². The Kier molecular flexibility index (Phi) is 9.52. The first kappa shape index (κ1) is 24.5. The largest absolute Gasteiger partial charge is 0.444 e. The van der Waals surface area contributed by atoms with Crippen molar-refractivity contribution in [1.82, 2.24) is 20.7 Å². The zero-order valence-electron chi connectivity index (χ0n) is 17.8. The Morgan fingerprint density at radius 2 is 2.11 bits per heavy atom. The molecule has 160 valence electrons. The summed E-state index contributed by atoms with van der Waals surface area (Å²) in [6, 6.07) is 0.150. The number of aryl methyl sites for hydroxylation is 2. The van der Waals surface area contributed by atoms with Crippen LogP contribution >= 0.6 is 24.0 Å². The van der Waals surface area contributed by atoms with Crippen molar-refractivity contribution in [2.75, 3.05) is 26.7 Å². The topological polar surface area (TPSA) is 92.0 Å². The first-order chi connectivity index (χ1) is 12.7. The molecule has 2 N–H and O–H groups in total. The number of hydrogen-bond donors (Lipinski definition) is 2. The number of nitrogens with zero attached hydrogens (tertiary/aromatic N) is 3. The summed E-state index contributed by atoms with van der Waals surface area (Å²) in [6.07, 6.45) is 2.49. The average molecular weight is 507 g/mol. The summed E-state index contributed by atoms with van der Waals surface area (Å²) >= 11 is 0. The van der Waals surface area contributed by atoms with E-state index in [9.17, 15) is 4.79 Å². The summed E-state index contributed by atoms with van der Waals surface area (Å²) in [4.78, 5) is 18.4. The second-order valence-electron chi connectivity index (χ2n) is 7.96. The number of amides is 1. The van der Waals surface area contributed by atoms with Crippen molar-refractivity contribution < 1.29 is 14.1 Å². The van der Waals surface area contributed by atoms with Crippen molar-refractivity contribution in [3.8, 4) is 0 Å². The number of hydrogen-bond acceptors (Lipinski definition) is 5. The molecule has 1 unspecified atom stereocenters. The number of carbonyl (C=O) groups excluding carboxylic acids is 1. The summed E-state index contributed by atoms with van der Waals surface area (Å²) < 4.78 is 10.7. The number of halogens is 1. The Hall–Kier alpha value is -1.52. The Morgan fingerprint density at radius 3 is 2.68 bits per heavy atom. The zero-order chi connectivity index (χ0) is 20.0. The first-order valence-corrected chi connectivity index (χ1v) is 9.56. The molecule has 0 aromatic carbocycles. The highest BCUT2D eigenvalue weighted by atomic mass is 127. The van der Waals surface area contributed by atoms with Gasteiger partial charge in [0.25, 0.3) is 0 Å². The Balaban J connectivity index is 0.00000392. The van der Waals surface area contributed by atoms with Crippen LogP contribution in [0.4, 0.5) is 4.79 Å². The molecule has 0 saturated carbocycles. The van der Waals surface area contributed by atoms with Crippen molar-refractivity contribution in [2.45, 2.75) is 65.5 Å². The van der Waals surface area contributed by atoms with Gasteiger partial charge >= 0.3 is 6.09 Å². The van der Waals surface area contributed by atoms with Crippen LogP contribution < -0.4 is 10.6 Å². The molecule has 1 aromatic heterocycles. The second kappa shape index (κ2) is 10.9. The molecule has 2 heterocycles. The molecule has 1 aromatic rings. The predicted octanol–water partition coefficient (Wildman–Crippen LogP) is 3.02. The molecule has 28 heavy (non-hydrogen) atoms. The third-order valence-corrected chi connectivity index (χ3v) is 4.49. The summed E-state index contributed by atoms with van der Waals surface area (Å²) in [7, 11) is 1.75. The minimum Gasteiger partial charge on any atom is -0.444 e. The maximum Gasteiger partial charge on any atom is 0.410 e. The normalized spacial score (nSPS) is 17.7. The van der Waals surface area contributed by atoms with E-state index in [1.807, 2.05) is 34.6 Å². The number of carbonyl (C=O) groups is 1. The molecule has 0 aliphatic carbocycles. The SMILES string of the molecule is CN=C(NCCc1c(C)noc1C)NC1CCCN(C(=O)OC(C)(C)C)C1.I. The Morgan fingerprint density at radius 1 is 1.39 bits per heavy atom. The molecular weight excluding hydrogens is 473 g/mol. The van der Waals surface area contributed by atoms with E-state index in [0.29, 0.717) is 6.54 Å². The molecule has 0 spiro atoms. The van der Waals surface area contributed by atoms with Crippen LogP contribution in [0, 0.1) is 13.8 Å². The van der Waals surface area contributed by atoms with Crippen LogP contribution in [0.15, 0.2) is 9.52 Å². The van der Waals surface area contributed by atoms with Gasteiger partial charge < -0.3 is 24.8 Å². The van der Waals surface area contributed by atoms with Crippen LogP contribution in [0.5, 0.6) is 0 Å². The van der Waals surface area contributed by atoms with E-state index in [1.165, 1.54) is 0 Å². The lowest BCUT2D eigenvalue weighted by Gasteiger charge is -2.35. The second-order valence-corrected chi connectivity index (χ2v) is 7.96. The highest BCUT2D eigenvalue weighted by Crippen LogP contribution is 2.15. The number of aromatic nitrogens is 1. The highest BCUT2D eigenvalue weighted by molar-refractivity contribution is 14.0. The van der Waals surface area contributed by atoms with Gasteiger partial charge in [-0.15, -0.1) is 24.0 Å². The van der Waals surface area contributed by atoms with Gasteiger partial charge in [-0.2, -0.15) is 0 Å². The molecule has 1 aliphatic rings. The number of nitrogens with one attached hydrogen (secondary N) is 2. The molecule has 9 heteroatoms. The highest BCUT2D eigenvalue weighted by Gasteiger charge is 2.28. The molecule has 1 amide bonds. The minimum absolute atomic E-state index is 0. The van der Waals surface area contributed by atoms with Crippen molar-refractivity contribution >= 4 is 36.0 Å². The van der Waals surface area contributed by atoms with Crippen molar-refractivity contribution in [2.24, 2.45) is 4.99 Å². The number of rotatable bonds is 4. The van der Waals surface area contributed by atoms with Gasteiger partial charge in [0.1, 0.15) is 11.4 Å². The third kappa shape index (κ3) is 7.48. The molecule has 2 rings (SSSR count). The molecule has 1 atom stereocenters. The van der Waals surface area contributed by atoms with Crippen molar-refractivity contribution in [3.63, 3.8) is 0 Å². The van der Waals surface area contributed by atoms with Gasteiger partial charge in [-0.25, -0.2) is 4.79 Å². The van der Waals surface area contributed by atoms with Gasteiger partial charge in [-0.05, 0) is 53.9 Å². The number of guanidine groups is 1. The summed E-state index contributed by atoms with van der Waals surface area (Å²) in [5.41, 5.74) is 1.58. The number of likely N-dealkylation sites (tertiary alicyclic amines) is 1.